The van der Waals surface area contributed by atoms with Crippen LogP contribution < -0.4 is 10.6 Å². The lowest BCUT2D eigenvalue weighted by Crippen LogP contribution is -2.30. The minimum absolute atomic E-state index is 0.276. The molecule has 2 aromatic heterocycles. The Morgan fingerprint density at radius 3 is 2.75 bits per heavy atom. The fourth-order valence-electron chi connectivity index (χ4n) is 2.31. The molecule has 2 amide bonds. The first-order valence-corrected chi connectivity index (χ1v) is 8.42. The second-order valence-corrected chi connectivity index (χ2v) is 6.29. The van der Waals surface area contributed by atoms with Crippen molar-refractivity contribution in [1.82, 2.24) is 15.3 Å². The number of thiazole rings is 1. The first kappa shape index (κ1) is 16.2. The van der Waals surface area contributed by atoms with Gasteiger partial charge in [-0.15, -0.1) is 0 Å². The second-order valence-electron chi connectivity index (χ2n) is 5.26. The van der Waals surface area contributed by atoms with Crippen molar-refractivity contribution < 1.29 is 9.21 Å². The largest absolute Gasteiger partial charge is 0.446 e. The average Bonchev–Trinajstić information content (AvgIpc) is 3.15. The van der Waals surface area contributed by atoms with E-state index in [-0.39, 0.29) is 6.03 Å². The van der Waals surface area contributed by atoms with E-state index >= 15 is 0 Å². The molecule has 0 spiro atoms. The third kappa shape index (κ3) is 3.99. The number of anilines is 1. The van der Waals surface area contributed by atoms with Gasteiger partial charge in [0.15, 0.2) is 11.0 Å². The molecule has 6 nitrogen and oxygen atoms in total. The Balaban J connectivity index is 1.50. The highest BCUT2D eigenvalue weighted by Crippen LogP contribution is 2.28. The zero-order valence-electron chi connectivity index (χ0n) is 13.5. The molecule has 0 unspecified atom stereocenters. The van der Waals surface area contributed by atoms with E-state index in [0.29, 0.717) is 24.0 Å². The number of nitrogens with one attached hydrogen (secondary N) is 2. The van der Waals surface area contributed by atoms with Gasteiger partial charge in [0, 0.05) is 26.1 Å². The topological polar surface area (TPSA) is 80.0 Å². The normalized spacial score (nSPS) is 10.6. The van der Waals surface area contributed by atoms with Crippen LogP contribution in [0, 0.1) is 13.8 Å². The van der Waals surface area contributed by atoms with Crippen LogP contribution in [0.1, 0.15) is 17.3 Å². The highest BCUT2D eigenvalue weighted by Gasteiger charge is 2.09. The summed E-state index contributed by atoms with van der Waals surface area (Å²) in [5, 5.41) is 6.12. The molecule has 0 saturated heterocycles. The quantitative estimate of drug-likeness (QED) is 0.739. The van der Waals surface area contributed by atoms with E-state index in [1.807, 2.05) is 44.2 Å². The highest BCUT2D eigenvalue weighted by atomic mass is 32.1. The van der Waals surface area contributed by atoms with Gasteiger partial charge >= 0.3 is 6.03 Å². The van der Waals surface area contributed by atoms with Crippen LogP contribution in [0.25, 0.3) is 10.4 Å². The Bertz CT molecular complexity index is 826. The lowest BCUT2D eigenvalue weighted by atomic mass is 10.2. The number of carbonyl (C=O) groups excluding carboxylic acids is 1. The number of aromatic nitrogens is 2. The smallest absolute Gasteiger partial charge is 0.321 e. The molecule has 0 atom stereocenters. The number of nitrogens with zero attached hydrogens (tertiary/aromatic N) is 2. The molecule has 0 saturated carbocycles. The number of benzene rings is 1. The van der Waals surface area contributed by atoms with Crippen molar-refractivity contribution in [3.8, 4) is 10.4 Å². The number of hydrogen-bond acceptors (Lipinski definition) is 5. The van der Waals surface area contributed by atoms with E-state index in [2.05, 4.69) is 20.6 Å². The van der Waals surface area contributed by atoms with Crippen LogP contribution in [-0.4, -0.2) is 22.5 Å². The Morgan fingerprint density at radius 2 is 2.04 bits per heavy atom. The van der Waals surface area contributed by atoms with E-state index in [1.165, 1.54) is 11.3 Å². The summed E-state index contributed by atoms with van der Waals surface area (Å²) in [6, 6.07) is 9.67. The van der Waals surface area contributed by atoms with E-state index in [1.54, 1.807) is 6.20 Å². The summed E-state index contributed by atoms with van der Waals surface area (Å²) >= 11 is 1.44. The lowest BCUT2D eigenvalue weighted by molar-refractivity contribution is 0.252. The van der Waals surface area contributed by atoms with Crippen LogP contribution in [0.15, 0.2) is 40.9 Å². The number of carbonyl (C=O) groups is 1. The number of aryl methyl sites for hydroxylation is 2. The number of oxazole rings is 1. The van der Waals surface area contributed by atoms with Crippen LogP contribution in [0.4, 0.5) is 9.93 Å². The maximum atomic E-state index is 11.9. The molecule has 2 heterocycles. The Kier molecular flexibility index (Phi) is 4.90. The second kappa shape index (κ2) is 7.27. The van der Waals surface area contributed by atoms with Gasteiger partial charge in [0.25, 0.3) is 0 Å². The maximum absolute atomic E-state index is 11.9. The monoisotopic (exact) mass is 342 g/mol. The van der Waals surface area contributed by atoms with Crippen LogP contribution >= 0.6 is 11.3 Å². The molecule has 24 heavy (non-hydrogen) atoms. The van der Waals surface area contributed by atoms with Gasteiger partial charge in [-0.3, -0.25) is 5.32 Å². The van der Waals surface area contributed by atoms with E-state index in [0.717, 1.165) is 21.9 Å². The van der Waals surface area contributed by atoms with Crippen LogP contribution in [0.2, 0.25) is 0 Å². The average molecular weight is 342 g/mol. The van der Waals surface area contributed by atoms with E-state index in [9.17, 15) is 4.79 Å². The van der Waals surface area contributed by atoms with Crippen LogP contribution in [0.5, 0.6) is 0 Å². The molecule has 1 aromatic carbocycles. The van der Waals surface area contributed by atoms with Gasteiger partial charge in [-0.05, 0) is 12.5 Å². The number of hydrogen-bond donors (Lipinski definition) is 2. The van der Waals surface area contributed by atoms with Crippen molar-refractivity contribution in [3.05, 3.63) is 53.9 Å². The predicted octanol–water partition coefficient (Wildman–Crippen LogP) is 3.78. The molecular weight excluding hydrogens is 324 g/mol. The Morgan fingerprint density at radius 1 is 1.25 bits per heavy atom. The number of urea groups is 1. The fraction of sp³-hybridized carbons (Fsp3) is 0.235. The molecule has 0 aliphatic heterocycles. The summed E-state index contributed by atoms with van der Waals surface area (Å²) in [5.41, 5.74) is 1.95. The van der Waals surface area contributed by atoms with Gasteiger partial charge < -0.3 is 9.73 Å². The fourth-order valence-corrected chi connectivity index (χ4v) is 3.12. The third-order valence-electron chi connectivity index (χ3n) is 3.43. The summed E-state index contributed by atoms with van der Waals surface area (Å²) in [4.78, 5) is 21.5. The zero-order chi connectivity index (χ0) is 16.9. The van der Waals surface area contributed by atoms with Crippen molar-refractivity contribution in [2.24, 2.45) is 0 Å². The molecule has 3 aromatic rings. The number of rotatable bonds is 5. The summed E-state index contributed by atoms with van der Waals surface area (Å²) < 4.78 is 5.36. The molecule has 2 N–H and O–H groups in total. The number of amides is 2. The van der Waals surface area contributed by atoms with Gasteiger partial charge in [-0.25, -0.2) is 14.8 Å². The van der Waals surface area contributed by atoms with E-state index in [4.69, 9.17) is 4.42 Å². The van der Waals surface area contributed by atoms with Gasteiger partial charge in [-0.1, -0.05) is 41.7 Å². The first-order chi connectivity index (χ1) is 11.6. The minimum Gasteiger partial charge on any atom is -0.446 e. The Hall–Kier alpha value is -2.67. The molecule has 0 aliphatic rings. The zero-order valence-corrected chi connectivity index (χ0v) is 14.3. The molecule has 0 radical (unpaired) electrons. The van der Waals surface area contributed by atoms with Gasteiger partial charge in [0.05, 0.1) is 10.6 Å². The van der Waals surface area contributed by atoms with Gasteiger partial charge in [0.2, 0.25) is 0 Å². The third-order valence-corrected chi connectivity index (χ3v) is 4.39. The standard InChI is InChI=1S/C17H18N4O2S/c1-11-14(20-12(2)23-11)8-9-18-16(22)21-17-19-10-15(24-17)13-6-4-3-5-7-13/h3-7,10H,8-9H2,1-2H3,(H2,18,19,21,22). The summed E-state index contributed by atoms with van der Waals surface area (Å²) in [6.07, 6.45) is 2.39. The van der Waals surface area contributed by atoms with Crippen molar-refractivity contribution in [3.63, 3.8) is 0 Å². The molecule has 0 fully saturated rings. The minimum atomic E-state index is -0.276. The maximum Gasteiger partial charge on any atom is 0.321 e. The van der Waals surface area contributed by atoms with Crippen LogP contribution in [0.3, 0.4) is 0 Å². The van der Waals surface area contributed by atoms with Gasteiger partial charge in [0.1, 0.15) is 5.76 Å². The van der Waals surface area contributed by atoms with Crippen molar-refractivity contribution >= 4 is 22.5 Å². The molecule has 7 heteroatoms. The first-order valence-electron chi connectivity index (χ1n) is 7.61. The Labute approximate surface area is 144 Å². The summed E-state index contributed by atoms with van der Waals surface area (Å²) in [7, 11) is 0. The SMILES string of the molecule is Cc1nc(CCNC(=O)Nc2ncc(-c3ccccc3)s2)c(C)o1. The lowest BCUT2D eigenvalue weighted by Gasteiger charge is -2.04. The van der Waals surface area contributed by atoms with Crippen molar-refractivity contribution in [2.45, 2.75) is 20.3 Å². The molecule has 0 bridgehead atoms. The van der Waals surface area contributed by atoms with Crippen molar-refractivity contribution in [1.29, 1.82) is 0 Å². The van der Waals surface area contributed by atoms with Gasteiger partial charge in [-0.2, -0.15) is 0 Å². The van der Waals surface area contributed by atoms with Crippen molar-refractivity contribution in [2.75, 3.05) is 11.9 Å². The molecule has 124 valence electrons. The highest BCUT2D eigenvalue weighted by molar-refractivity contribution is 7.19. The molecular formula is C17H18N4O2S. The van der Waals surface area contributed by atoms with Crippen LogP contribution in [-0.2, 0) is 6.42 Å². The summed E-state index contributed by atoms with van der Waals surface area (Å²) in [5.74, 6) is 1.44. The molecule has 3 rings (SSSR count). The predicted molar refractivity (Wildman–Crippen MR) is 94.3 cm³/mol. The van der Waals surface area contributed by atoms with E-state index < -0.39 is 0 Å². The summed E-state index contributed by atoms with van der Waals surface area (Å²) in [6.45, 7) is 4.16. The molecule has 0 aliphatic carbocycles.